The van der Waals surface area contributed by atoms with E-state index in [0.717, 1.165) is 5.75 Å². The number of hydrogen-bond acceptors (Lipinski definition) is 6. The van der Waals surface area contributed by atoms with Crippen molar-refractivity contribution in [2.75, 3.05) is 25.2 Å². The number of amides is 2. The molecule has 9 heteroatoms. The lowest BCUT2D eigenvalue weighted by atomic mass is 9.95. The zero-order chi connectivity index (χ0) is 19.3. The number of nitro groups is 1. The van der Waals surface area contributed by atoms with Gasteiger partial charge in [-0.2, -0.15) is 11.8 Å². The molecule has 1 aliphatic heterocycles. The van der Waals surface area contributed by atoms with Gasteiger partial charge < -0.3 is 15.0 Å². The molecule has 2 rings (SSSR count). The van der Waals surface area contributed by atoms with Crippen molar-refractivity contribution in [3.05, 3.63) is 51.2 Å². The van der Waals surface area contributed by atoms with Crippen LogP contribution in [0.3, 0.4) is 0 Å². The van der Waals surface area contributed by atoms with E-state index in [1.165, 1.54) is 29.2 Å². The molecule has 2 amide bonds. The molecule has 0 spiro atoms. The smallest absolute Gasteiger partial charge is 0.338 e. The molecular weight excluding hydrogens is 358 g/mol. The second-order valence-corrected chi connectivity index (χ2v) is 7.02. The van der Waals surface area contributed by atoms with Crippen LogP contribution in [-0.4, -0.2) is 47.0 Å². The SMILES string of the molecule is CCSCCOC(=O)C1=C(C)N(C)C(=O)NC1c1ccc([N+](=O)[O-])cc1. The number of non-ortho nitro benzene ring substituents is 1. The van der Waals surface area contributed by atoms with Crippen LogP contribution in [0.15, 0.2) is 35.5 Å². The van der Waals surface area contributed by atoms with E-state index in [1.807, 2.05) is 6.92 Å². The Morgan fingerprint density at radius 1 is 1.38 bits per heavy atom. The molecule has 0 aromatic heterocycles. The van der Waals surface area contributed by atoms with Gasteiger partial charge in [0.25, 0.3) is 5.69 Å². The zero-order valence-electron chi connectivity index (χ0n) is 14.9. The van der Waals surface area contributed by atoms with Gasteiger partial charge in [0.1, 0.15) is 6.61 Å². The van der Waals surface area contributed by atoms with E-state index in [0.29, 0.717) is 22.6 Å². The molecule has 1 heterocycles. The Kier molecular flexibility index (Phi) is 6.62. The van der Waals surface area contributed by atoms with E-state index in [4.69, 9.17) is 4.74 Å². The van der Waals surface area contributed by atoms with E-state index in [-0.39, 0.29) is 18.3 Å². The van der Waals surface area contributed by atoms with Crippen LogP contribution in [0.4, 0.5) is 10.5 Å². The third kappa shape index (κ3) is 4.34. The summed E-state index contributed by atoms with van der Waals surface area (Å²) in [5.41, 5.74) is 1.33. The number of hydrogen-bond donors (Lipinski definition) is 1. The van der Waals surface area contributed by atoms with Gasteiger partial charge in [-0.15, -0.1) is 0 Å². The maximum atomic E-state index is 12.6. The maximum absolute atomic E-state index is 12.6. The Labute approximate surface area is 155 Å². The van der Waals surface area contributed by atoms with Crippen LogP contribution in [0.5, 0.6) is 0 Å². The Bertz CT molecular complexity index is 732. The number of esters is 1. The first kappa shape index (κ1) is 19.8. The minimum atomic E-state index is -0.717. The Morgan fingerprint density at radius 3 is 2.62 bits per heavy atom. The fourth-order valence-corrected chi connectivity index (χ4v) is 3.04. The van der Waals surface area contributed by atoms with Crippen molar-refractivity contribution in [3.63, 3.8) is 0 Å². The molecule has 1 unspecified atom stereocenters. The Morgan fingerprint density at radius 2 is 2.04 bits per heavy atom. The standard InChI is InChI=1S/C17H21N3O5S/c1-4-26-10-9-25-16(21)14-11(2)19(3)17(22)18-15(14)12-5-7-13(8-6-12)20(23)24/h5-8,15H,4,9-10H2,1-3H3,(H,18,22). The fraction of sp³-hybridized carbons (Fsp3) is 0.412. The van der Waals surface area contributed by atoms with Crippen LogP contribution in [0.2, 0.25) is 0 Å². The van der Waals surface area contributed by atoms with Gasteiger partial charge in [0.15, 0.2) is 0 Å². The lowest BCUT2D eigenvalue weighted by Crippen LogP contribution is -2.46. The molecule has 1 atom stereocenters. The first-order chi connectivity index (χ1) is 12.4. The highest BCUT2D eigenvalue weighted by Gasteiger charge is 2.35. The lowest BCUT2D eigenvalue weighted by molar-refractivity contribution is -0.384. The van der Waals surface area contributed by atoms with Crippen molar-refractivity contribution in [1.29, 1.82) is 0 Å². The van der Waals surface area contributed by atoms with E-state index in [1.54, 1.807) is 25.7 Å². The number of carbonyl (C=O) groups is 2. The van der Waals surface area contributed by atoms with Gasteiger partial charge in [-0.1, -0.05) is 6.92 Å². The number of nitrogens with one attached hydrogen (secondary N) is 1. The van der Waals surface area contributed by atoms with E-state index in [2.05, 4.69) is 5.32 Å². The summed E-state index contributed by atoms with van der Waals surface area (Å²) in [7, 11) is 1.57. The normalized spacial score (nSPS) is 17.1. The van der Waals surface area contributed by atoms with E-state index < -0.39 is 16.9 Å². The molecule has 0 fully saturated rings. The third-order valence-corrected chi connectivity index (χ3v) is 4.94. The quantitative estimate of drug-likeness (QED) is 0.338. The minimum Gasteiger partial charge on any atom is -0.461 e. The van der Waals surface area contributed by atoms with Crippen LogP contribution in [-0.2, 0) is 9.53 Å². The number of allylic oxidation sites excluding steroid dienone is 1. The number of nitrogens with zero attached hydrogens (tertiary/aromatic N) is 2. The first-order valence-electron chi connectivity index (χ1n) is 8.11. The van der Waals surface area contributed by atoms with Crippen molar-refractivity contribution in [2.45, 2.75) is 19.9 Å². The van der Waals surface area contributed by atoms with Crippen LogP contribution in [0.1, 0.15) is 25.5 Å². The molecule has 0 saturated carbocycles. The van der Waals surface area contributed by atoms with Crippen molar-refractivity contribution >= 4 is 29.4 Å². The molecule has 8 nitrogen and oxygen atoms in total. The molecule has 140 valence electrons. The number of rotatable bonds is 7. The highest BCUT2D eigenvalue weighted by atomic mass is 32.2. The number of ether oxygens (including phenoxy) is 1. The van der Waals surface area contributed by atoms with Crippen LogP contribution in [0.25, 0.3) is 0 Å². The molecule has 0 aliphatic carbocycles. The molecule has 1 aromatic rings. The van der Waals surface area contributed by atoms with Gasteiger partial charge in [-0.3, -0.25) is 10.1 Å². The maximum Gasteiger partial charge on any atom is 0.338 e. The summed E-state index contributed by atoms with van der Waals surface area (Å²) in [4.78, 5) is 36.4. The van der Waals surface area contributed by atoms with Gasteiger partial charge in [-0.05, 0) is 30.4 Å². The summed E-state index contributed by atoms with van der Waals surface area (Å²) < 4.78 is 5.35. The van der Waals surface area contributed by atoms with E-state index >= 15 is 0 Å². The average Bonchev–Trinajstić information content (AvgIpc) is 2.63. The molecule has 0 radical (unpaired) electrons. The average molecular weight is 379 g/mol. The summed E-state index contributed by atoms with van der Waals surface area (Å²) in [6.45, 7) is 3.97. The van der Waals surface area contributed by atoms with Gasteiger partial charge >= 0.3 is 12.0 Å². The van der Waals surface area contributed by atoms with Crippen LogP contribution >= 0.6 is 11.8 Å². The summed E-state index contributed by atoms with van der Waals surface area (Å²) in [5, 5.41) is 13.6. The molecule has 1 N–H and O–H groups in total. The summed E-state index contributed by atoms with van der Waals surface area (Å²) in [6, 6.07) is 4.67. The first-order valence-corrected chi connectivity index (χ1v) is 9.26. The number of urea groups is 1. The molecule has 1 aromatic carbocycles. The zero-order valence-corrected chi connectivity index (χ0v) is 15.7. The second kappa shape index (κ2) is 8.70. The fourth-order valence-electron chi connectivity index (χ4n) is 2.55. The largest absolute Gasteiger partial charge is 0.461 e. The second-order valence-electron chi connectivity index (χ2n) is 5.62. The van der Waals surface area contributed by atoms with Crippen LogP contribution in [0, 0.1) is 10.1 Å². The van der Waals surface area contributed by atoms with Crippen LogP contribution < -0.4 is 5.32 Å². The van der Waals surface area contributed by atoms with Crippen molar-refractivity contribution in [1.82, 2.24) is 10.2 Å². The predicted octanol–water partition coefficient (Wildman–Crippen LogP) is 2.86. The highest BCUT2D eigenvalue weighted by Crippen LogP contribution is 2.31. The van der Waals surface area contributed by atoms with Gasteiger partial charge in [0.05, 0.1) is 16.5 Å². The molecular formula is C17H21N3O5S. The summed E-state index contributed by atoms with van der Waals surface area (Å²) in [6.07, 6.45) is 0. The lowest BCUT2D eigenvalue weighted by Gasteiger charge is -2.33. The van der Waals surface area contributed by atoms with Gasteiger partial charge in [-0.25, -0.2) is 9.59 Å². The van der Waals surface area contributed by atoms with Crippen molar-refractivity contribution < 1.29 is 19.2 Å². The monoisotopic (exact) mass is 379 g/mol. The number of carbonyl (C=O) groups excluding carboxylic acids is 2. The van der Waals surface area contributed by atoms with E-state index in [9.17, 15) is 19.7 Å². The topological polar surface area (TPSA) is 102 Å². The third-order valence-electron chi connectivity index (χ3n) is 4.08. The van der Waals surface area contributed by atoms with Crippen molar-refractivity contribution in [2.24, 2.45) is 0 Å². The number of benzene rings is 1. The Balaban J connectivity index is 2.30. The molecule has 1 aliphatic rings. The van der Waals surface area contributed by atoms with Gasteiger partial charge in [0, 0.05) is 30.6 Å². The number of thioether (sulfide) groups is 1. The van der Waals surface area contributed by atoms with Crippen molar-refractivity contribution in [3.8, 4) is 0 Å². The predicted molar refractivity (Wildman–Crippen MR) is 98.8 cm³/mol. The van der Waals surface area contributed by atoms with Gasteiger partial charge in [0.2, 0.25) is 0 Å². The minimum absolute atomic E-state index is 0.0607. The molecule has 0 bridgehead atoms. The summed E-state index contributed by atoms with van der Waals surface area (Å²) >= 11 is 1.66. The Hall–Kier alpha value is -2.55. The highest BCUT2D eigenvalue weighted by molar-refractivity contribution is 7.99. The molecule has 26 heavy (non-hydrogen) atoms. The number of nitro benzene ring substituents is 1. The summed E-state index contributed by atoms with van der Waals surface area (Å²) in [5.74, 6) is 1.12. The molecule has 0 saturated heterocycles.